The third-order valence-electron chi connectivity index (χ3n) is 4.14. The van der Waals surface area contributed by atoms with E-state index in [2.05, 4.69) is 5.32 Å². The van der Waals surface area contributed by atoms with Crippen molar-refractivity contribution in [1.29, 1.82) is 0 Å². The summed E-state index contributed by atoms with van der Waals surface area (Å²) in [5, 5.41) is 12.8. The number of amides is 1. The molecule has 4 nitrogen and oxygen atoms in total. The molecule has 4 heteroatoms. The van der Waals surface area contributed by atoms with E-state index in [0.717, 1.165) is 45.3 Å². The molecule has 0 aromatic rings. The summed E-state index contributed by atoms with van der Waals surface area (Å²) in [6.07, 6.45) is 4.98. The van der Waals surface area contributed by atoms with Gasteiger partial charge in [0.15, 0.2) is 0 Å². The number of piperidine rings is 2. The topological polar surface area (TPSA) is 52.6 Å². The molecule has 0 aromatic carbocycles. The van der Waals surface area contributed by atoms with Crippen molar-refractivity contribution in [1.82, 2.24) is 10.2 Å². The van der Waals surface area contributed by atoms with Crippen LogP contribution in [0.15, 0.2) is 0 Å². The van der Waals surface area contributed by atoms with Gasteiger partial charge in [-0.05, 0) is 45.1 Å². The van der Waals surface area contributed by atoms with Crippen molar-refractivity contribution in [3.63, 3.8) is 0 Å². The smallest absolute Gasteiger partial charge is 0.239 e. The lowest BCUT2D eigenvalue weighted by Crippen LogP contribution is -2.51. The summed E-state index contributed by atoms with van der Waals surface area (Å²) in [7, 11) is 0. The number of nitrogens with zero attached hydrogens (tertiary/aromatic N) is 1. The molecule has 0 aliphatic carbocycles. The summed E-state index contributed by atoms with van der Waals surface area (Å²) in [5.41, 5.74) is 0. The normalized spacial score (nSPS) is 29.1. The average Bonchev–Trinajstić information content (AvgIpc) is 2.39. The molecule has 2 atom stereocenters. The lowest BCUT2D eigenvalue weighted by atomic mass is 9.91. The van der Waals surface area contributed by atoms with E-state index in [9.17, 15) is 9.90 Å². The van der Waals surface area contributed by atoms with Crippen molar-refractivity contribution in [2.45, 2.75) is 51.2 Å². The van der Waals surface area contributed by atoms with Gasteiger partial charge in [-0.15, -0.1) is 0 Å². The van der Waals surface area contributed by atoms with Crippen LogP contribution < -0.4 is 5.32 Å². The molecule has 0 spiro atoms. The molecule has 98 valence electrons. The van der Waals surface area contributed by atoms with Crippen molar-refractivity contribution < 1.29 is 9.90 Å². The van der Waals surface area contributed by atoms with Crippen LogP contribution in [0.4, 0.5) is 0 Å². The number of hydrogen-bond donors (Lipinski definition) is 2. The van der Waals surface area contributed by atoms with Crippen molar-refractivity contribution in [3.8, 4) is 0 Å². The van der Waals surface area contributed by atoms with Crippen LogP contribution in [0.2, 0.25) is 0 Å². The molecule has 2 N–H and O–H groups in total. The Hall–Kier alpha value is -0.610. The zero-order chi connectivity index (χ0) is 12.3. The maximum Gasteiger partial charge on any atom is 0.239 e. The number of hydrogen-bond acceptors (Lipinski definition) is 3. The van der Waals surface area contributed by atoms with E-state index in [1.54, 1.807) is 0 Å². The molecule has 0 saturated carbocycles. The van der Waals surface area contributed by atoms with Crippen LogP contribution in [0.1, 0.15) is 39.0 Å². The number of rotatable bonds is 2. The first kappa shape index (κ1) is 12.8. The maximum absolute atomic E-state index is 12.2. The molecule has 2 heterocycles. The number of carbonyl (C=O) groups excluding carboxylic acids is 1. The van der Waals surface area contributed by atoms with Crippen LogP contribution in [-0.2, 0) is 4.79 Å². The molecule has 0 aromatic heterocycles. The Morgan fingerprint density at radius 3 is 2.53 bits per heavy atom. The summed E-state index contributed by atoms with van der Waals surface area (Å²) in [4.78, 5) is 14.2. The molecule has 17 heavy (non-hydrogen) atoms. The van der Waals surface area contributed by atoms with Crippen LogP contribution >= 0.6 is 0 Å². The molecular formula is C13H24N2O2. The van der Waals surface area contributed by atoms with Gasteiger partial charge in [-0.3, -0.25) is 4.79 Å². The Bertz CT molecular complexity index is 254. The minimum atomic E-state index is -0.236. The molecule has 2 aliphatic rings. The maximum atomic E-state index is 12.2. The average molecular weight is 240 g/mol. The molecule has 2 saturated heterocycles. The van der Waals surface area contributed by atoms with Gasteiger partial charge in [0, 0.05) is 13.1 Å². The van der Waals surface area contributed by atoms with Gasteiger partial charge in [-0.2, -0.15) is 0 Å². The van der Waals surface area contributed by atoms with Gasteiger partial charge in [0.05, 0.1) is 12.1 Å². The van der Waals surface area contributed by atoms with Gasteiger partial charge in [-0.25, -0.2) is 0 Å². The predicted octanol–water partition coefficient (Wildman–Crippen LogP) is 0.748. The summed E-state index contributed by atoms with van der Waals surface area (Å²) < 4.78 is 0. The summed E-state index contributed by atoms with van der Waals surface area (Å²) in [5.74, 6) is 0.645. The molecule has 1 amide bonds. The van der Waals surface area contributed by atoms with Crippen molar-refractivity contribution in [2.75, 3.05) is 19.6 Å². The Kier molecular flexibility index (Phi) is 4.40. The van der Waals surface area contributed by atoms with Gasteiger partial charge in [0.2, 0.25) is 5.91 Å². The highest BCUT2D eigenvalue weighted by Gasteiger charge is 2.29. The molecule has 0 unspecified atom stereocenters. The highest BCUT2D eigenvalue weighted by molar-refractivity contribution is 5.82. The lowest BCUT2D eigenvalue weighted by molar-refractivity contribution is -0.136. The van der Waals surface area contributed by atoms with E-state index in [-0.39, 0.29) is 18.1 Å². The Balaban J connectivity index is 1.81. The second-order valence-electron chi connectivity index (χ2n) is 5.41. The van der Waals surface area contributed by atoms with Gasteiger partial charge < -0.3 is 15.3 Å². The zero-order valence-electron chi connectivity index (χ0n) is 10.7. The molecule has 2 fully saturated rings. The zero-order valence-corrected chi connectivity index (χ0v) is 10.7. The fourth-order valence-electron chi connectivity index (χ4n) is 2.89. The second kappa shape index (κ2) is 5.83. The monoisotopic (exact) mass is 240 g/mol. The van der Waals surface area contributed by atoms with E-state index in [1.165, 1.54) is 6.42 Å². The molecule has 2 rings (SSSR count). The summed E-state index contributed by atoms with van der Waals surface area (Å²) in [6.45, 7) is 4.45. The first-order chi connectivity index (χ1) is 8.18. The number of nitrogens with one attached hydrogen (secondary N) is 1. The fraction of sp³-hybridized carbons (Fsp3) is 0.923. The van der Waals surface area contributed by atoms with E-state index < -0.39 is 0 Å². The van der Waals surface area contributed by atoms with Gasteiger partial charge >= 0.3 is 0 Å². The summed E-state index contributed by atoms with van der Waals surface area (Å²) in [6, 6.07) is 0.0480. The Morgan fingerprint density at radius 2 is 2.00 bits per heavy atom. The molecule has 2 aliphatic heterocycles. The Labute approximate surface area is 103 Å². The predicted molar refractivity (Wildman–Crippen MR) is 66.6 cm³/mol. The molecular weight excluding hydrogens is 216 g/mol. The number of aliphatic hydroxyl groups excluding tert-OH is 1. The first-order valence-corrected chi connectivity index (χ1v) is 6.88. The van der Waals surface area contributed by atoms with E-state index in [1.807, 2.05) is 11.8 Å². The standard InChI is InChI=1S/C13H24N2O2/c1-10(16)11-5-8-15(9-6-11)13(17)12-4-2-3-7-14-12/h10-12,14,16H,2-9H2,1H3/t10-,12-/m1/s1. The third-order valence-corrected chi connectivity index (χ3v) is 4.14. The van der Waals surface area contributed by atoms with Gasteiger partial charge in [-0.1, -0.05) is 6.42 Å². The van der Waals surface area contributed by atoms with Gasteiger partial charge in [0.1, 0.15) is 0 Å². The van der Waals surface area contributed by atoms with Crippen LogP contribution in [0.25, 0.3) is 0 Å². The van der Waals surface area contributed by atoms with Crippen LogP contribution in [0.5, 0.6) is 0 Å². The highest BCUT2D eigenvalue weighted by atomic mass is 16.3. The number of aliphatic hydroxyl groups is 1. The van der Waals surface area contributed by atoms with Crippen molar-refractivity contribution >= 4 is 5.91 Å². The Morgan fingerprint density at radius 1 is 1.29 bits per heavy atom. The van der Waals surface area contributed by atoms with E-state index in [4.69, 9.17) is 0 Å². The SMILES string of the molecule is C[C@@H](O)C1CCN(C(=O)[C@H]2CCCCN2)CC1. The fourth-order valence-corrected chi connectivity index (χ4v) is 2.89. The van der Waals surface area contributed by atoms with E-state index >= 15 is 0 Å². The quantitative estimate of drug-likeness (QED) is 0.749. The van der Waals surface area contributed by atoms with Gasteiger partial charge in [0.25, 0.3) is 0 Å². The number of carbonyl (C=O) groups is 1. The van der Waals surface area contributed by atoms with Crippen LogP contribution in [0.3, 0.4) is 0 Å². The summed E-state index contributed by atoms with van der Waals surface area (Å²) >= 11 is 0. The largest absolute Gasteiger partial charge is 0.393 e. The second-order valence-corrected chi connectivity index (χ2v) is 5.41. The minimum absolute atomic E-state index is 0.0480. The highest BCUT2D eigenvalue weighted by Crippen LogP contribution is 2.21. The van der Waals surface area contributed by atoms with Crippen molar-refractivity contribution in [3.05, 3.63) is 0 Å². The number of likely N-dealkylation sites (tertiary alicyclic amines) is 1. The lowest BCUT2D eigenvalue weighted by Gasteiger charge is -2.36. The van der Waals surface area contributed by atoms with E-state index in [0.29, 0.717) is 5.92 Å². The minimum Gasteiger partial charge on any atom is -0.393 e. The molecule has 0 bridgehead atoms. The first-order valence-electron chi connectivity index (χ1n) is 6.88. The van der Waals surface area contributed by atoms with Crippen LogP contribution in [-0.4, -0.2) is 47.7 Å². The molecule has 0 radical (unpaired) electrons. The van der Waals surface area contributed by atoms with Crippen molar-refractivity contribution in [2.24, 2.45) is 5.92 Å². The third kappa shape index (κ3) is 3.19. The van der Waals surface area contributed by atoms with Crippen LogP contribution in [0, 0.1) is 5.92 Å².